The minimum atomic E-state index is -0.0488. The molecule has 39 heavy (non-hydrogen) atoms. The SMILES string of the molecule is Cc1cc(C(=O)N2CCC(c3ccncc3)C2)nnc1N1CCc2ncc(N3CCCn4nccc43)cc2C1. The van der Waals surface area contributed by atoms with Crippen molar-refractivity contribution < 1.29 is 4.79 Å². The molecule has 1 amide bonds. The molecule has 1 fully saturated rings. The van der Waals surface area contributed by atoms with Crippen molar-refractivity contribution in [2.24, 2.45) is 0 Å². The Labute approximate surface area is 227 Å². The lowest BCUT2D eigenvalue weighted by Gasteiger charge is -2.33. The molecule has 4 aromatic rings. The van der Waals surface area contributed by atoms with Crippen LogP contribution in [0, 0.1) is 6.92 Å². The van der Waals surface area contributed by atoms with Gasteiger partial charge in [-0.05, 0) is 60.7 Å². The van der Waals surface area contributed by atoms with Crippen LogP contribution in [-0.4, -0.2) is 66.9 Å². The molecule has 198 valence electrons. The molecule has 10 heteroatoms. The van der Waals surface area contributed by atoms with Gasteiger partial charge in [-0.1, -0.05) is 0 Å². The zero-order chi connectivity index (χ0) is 26.3. The van der Waals surface area contributed by atoms with Crippen molar-refractivity contribution in [3.63, 3.8) is 0 Å². The van der Waals surface area contributed by atoms with Crippen molar-refractivity contribution in [1.29, 1.82) is 0 Å². The minimum Gasteiger partial charge on any atom is -0.350 e. The van der Waals surface area contributed by atoms with E-state index in [-0.39, 0.29) is 5.91 Å². The van der Waals surface area contributed by atoms with Gasteiger partial charge in [-0.25, -0.2) is 4.68 Å². The molecule has 0 aliphatic carbocycles. The van der Waals surface area contributed by atoms with Crippen LogP contribution in [0.4, 0.5) is 17.3 Å². The molecule has 7 heterocycles. The predicted molar refractivity (Wildman–Crippen MR) is 147 cm³/mol. The summed E-state index contributed by atoms with van der Waals surface area (Å²) in [5, 5.41) is 13.4. The van der Waals surface area contributed by atoms with Crippen LogP contribution in [0.15, 0.2) is 55.1 Å². The van der Waals surface area contributed by atoms with Crippen LogP contribution in [0.5, 0.6) is 0 Å². The Morgan fingerprint density at radius 1 is 1.00 bits per heavy atom. The number of carbonyl (C=O) groups is 1. The molecule has 7 rings (SSSR count). The van der Waals surface area contributed by atoms with E-state index in [0.717, 1.165) is 74.0 Å². The molecule has 3 aliphatic rings. The molecule has 4 aromatic heterocycles. The number of anilines is 3. The van der Waals surface area contributed by atoms with Crippen LogP contribution < -0.4 is 9.80 Å². The number of nitrogens with zero attached hydrogens (tertiary/aromatic N) is 9. The first-order valence-electron chi connectivity index (χ1n) is 13.7. The van der Waals surface area contributed by atoms with Gasteiger partial charge in [0.25, 0.3) is 5.91 Å². The second-order valence-corrected chi connectivity index (χ2v) is 10.6. The summed E-state index contributed by atoms with van der Waals surface area (Å²) < 4.78 is 2.05. The highest BCUT2D eigenvalue weighted by Crippen LogP contribution is 2.32. The molecule has 0 aromatic carbocycles. The van der Waals surface area contributed by atoms with E-state index in [2.05, 4.69) is 46.9 Å². The summed E-state index contributed by atoms with van der Waals surface area (Å²) in [5.41, 5.74) is 6.04. The average Bonchev–Trinajstić information content (AvgIpc) is 3.67. The fourth-order valence-electron chi connectivity index (χ4n) is 6.13. The number of aromatic nitrogens is 6. The summed E-state index contributed by atoms with van der Waals surface area (Å²) in [7, 11) is 0. The van der Waals surface area contributed by atoms with Crippen LogP contribution in [-0.2, 0) is 19.5 Å². The number of rotatable bonds is 4. The topological polar surface area (TPSA) is 96.2 Å². The summed E-state index contributed by atoms with van der Waals surface area (Å²) >= 11 is 0. The smallest absolute Gasteiger partial charge is 0.274 e. The van der Waals surface area contributed by atoms with Gasteiger partial charge >= 0.3 is 0 Å². The van der Waals surface area contributed by atoms with Gasteiger partial charge in [0.15, 0.2) is 11.5 Å². The molecule has 1 unspecified atom stereocenters. The second-order valence-electron chi connectivity index (χ2n) is 10.6. The summed E-state index contributed by atoms with van der Waals surface area (Å²) in [6.07, 6.45) is 10.3. The molecule has 0 radical (unpaired) electrons. The molecule has 3 aliphatic heterocycles. The minimum absolute atomic E-state index is 0.0488. The van der Waals surface area contributed by atoms with E-state index in [1.165, 1.54) is 11.1 Å². The Bertz CT molecular complexity index is 1520. The standard InChI is InChI=1S/C29H31N9O/c1-20-15-26(29(39)36-13-6-22(18-36)21-3-8-30-9-4-21)33-34-28(20)35-14-7-25-23(19-35)16-24(17-31-25)37-11-2-12-38-27(37)5-10-32-38/h3-5,8-10,15-17,22H,2,6-7,11-14,18-19H2,1H3. The summed E-state index contributed by atoms with van der Waals surface area (Å²) in [4.78, 5) is 28.6. The predicted octanol–water partition coefficient (Wildman–Crippen LogP) is 3.51. The van der Waals surface area contributed by atoms with Gasteiger partial charge in [-0.3, -0.25) is 14.8 Å². The van der Waals surface area contributed by atoms with E-state index in [1.807, 2.05) is 54.8 Å². The van der Waals surface area contributed by atoms with E-state index < -0.39 is 0 Å². The van der Waals surface area contributed by atoms with E-state index >= 15 is 0 Å². The molecule has 1 saturated heterocycles. The van der Waals surface area contributed by atoms with Gasteiger partial charge in [0.2, 0.25) is 0 Å². The lowest BCUT2D eigenvalue weighted by atomic mass is 10.00. The van der Waals surface area contributed by atoms with Crippen molar-refractivity contribution in [3.8, 4) is 0 Å². The van der Waals surface area contributed by atoms with Crippen LogP contribution in [0.1, 0.15) is 51.6 Å². The summed E-state index contributed by atoms with van der Waals surface area (Å²) in [6, 6.07) is 10.3. The average molecular weight is 522 g/mol. The van der Waals surface area contributed by atoms with Gasteiger partial charge in [0.1, 0.15) is 5.82 Å². The number of amides is 1. The highest BCUT2D eigenvalue weighted by Gasteiger charge is 2.30. The van der Waals surface area contributed by atoms with Gasteiger partial charge in [-0.15, -0.1) is 10.2 Å². The van der Waals surface area contributed by atoms with Gasteiger partial charge < -0.3 is 14.7 Å². The Morgan fingerprint density at radius 3 is 2.77 bits per heavy atom. The van der Waals surface area contributed by atoms with Crippen molar-refractivity contribution in [3.05, 3.63) is 83.2 Å². The van der Waals surface area contributed by atoms with Gasteiger partial charge in [-0.2, -0.15) is 5.10 Å². The van der Waals surface area contributed by atoms with Crippen LogP contribution in [0.2, 0.25) is 0 Å². The van der Waals surface area contributed by atoms with Crippen molar-refractivity contribution in [2.45, 2.75) is 45.2 Å². The maximum Gasteiger partial charge on any atom is 0.274 e. The Morgan fingerprint density at radius 2 is 1.90 bits per heavy atom. The van der Waals surface area contributed by atoms with E-state index in [9.17, 15) is 4.79 Å². The molecule has 0 spiro atoms. The molecule has 0 bridgehead atoms. The highest BCUT2D eigenvalue weighted by molar-refractivity contribution is 5.92. The zero-order valence-corrected chi connectivity index (χ0v) is 22.1. The lowest BCUT2D eigenvalue weighted by Crippen LogP contribution is -2.34. The number of hydrogen-bond acceptors (Lipinski definition) is 8. The van der Waals surface area contributed by atoms with Gasteiger partial charge in [0.05, 0.1) is 18.1 Å². The molecular formula is C29H31N9O. The largest absolute Gasteiger partial charge is 0.350 e. The fourth-order valence-corrected chi connectivity index (χ4v) is 6.13. The third-order valence-corrected chi connectivity index (χ3v) is 8.19. The zero-order valence-electron chi connectivity index (χ0n) is 22.1. The van der Waals surface area contributed by atoms with Crippen LogP contribution in [0.3, 0.4) is 0 Å². The van der Waals surface area contributed by atoms with Gasteiger partial charge in [0, 0.05) is 75.8 Å². The lowest BCUT2D eigenvalue weighted by molar-refractivity contribution is 0.0783. The number of carbonyl (C=O) groups excluding carboxylic acids is 1. The maximum absolute atomic E-state index is 13.3. The number of fused-ring (bicyclic) bond motifs is 2. The van der Waals surface area contributed by atoms with Crippen LogP contribution >= 0.6 is 0 Å². The first kappa shape index (κ1) is 23.8. The van der Waals surface area contributed by atoms with Crippen molar-refractivity contribution in [1.82, 2.24) is 34.8 Å². The first-order chi connectivity index (χ1) is 19.1. The number of aryl methyl sites for hydroxylation is 2. The van der Waals surface area contributed by atoms with Crippen LogP contribution in [0.25, 0.3) is 0 Å². The van der Waals surface area contributed by atoms with E-state index in [4.69, 9.17) is 4.98 Å². The third kappa shape index (κ3) is 4.39. The summed E-state index contributed by atoms with van der Waals surface area (Å²) in [6.45, 7) is 6.88. The van der Waals surface area contributed by atoms with Crippen molar-refractivity contribution >= 4 is 23.2 Å². The normalized spacial score (nSPS) is 18.7. The highest BCUT2D eigenvalue weighted by atomic mass is 16.2. The quantitative estimate of drug-likeness (QED) is 0.403. The Balaban J connectivity index is 1.07. The molecule has 10 nitrogen and oxygen atoms in total. The molecule has 1 atom stereocenters. The van der Waals surface area contributed by atoms with E-state index in [0.29, 0.717) is 24.7 Å². The van der Waals surface area contributed by atoms with Crippen molar-refractivity contribution in [2.75, 3.05) is 36.0 Å². The Hall–Kier alpha value is -4.34. The number of hydrogen-bond donors (Lipinski definition) is 0. The number of pyridine rings is 2. The maximum atomic E-state index is 13.3. The Kier molecular flexibility index (Phi) is 5.94. The molecular weight excluding hydrogens is 490 g/mol. The fraction of sp³-hybridized carbons (Fsp3) is 0.379. The van der Waals surface area contributed by atoms with E-state index in [1.54, 1.807) is 0 Å². The molecule has 0 saturated carbocycles. The number of likely N-dealkylation sites (tertiary alicyclic amines) is 1. The summed E-state index contributed by atoms with van der Waals surface area (Å²) in [5.74, 6) is 2.23. The second kappa shape index (κ2) is 9.76. The monoisotopic (exact) mass is 521 g/mol. The first-order valence-corrected chi connectivity index (χ1v) is 13.7. The third-order valence-electron chi connectivity index (χ3n) is 8.19. The molecule has 0 N–H and O–H groups in total.